The molecule has 120 valence electrons. The number of nitrogens with one attached hydrogen (secondary N) is 1. The summed E-state index contributed by atoms with van der Waals surface area (Å²) in [6.45, 7) is 8.37. The standard InChI is InChI=1S/C17H23NO3S/c1-16(2)12(17(16,3)4)13(19)18-14-11(15(20)21)9-7-5-6-8-10(9)22-14/h12H,5-8H2,1-4H3,(H,18,19)(H,20,21). The van der Waals surface area contributed by atoms with Gasteiger partial charge in [-0.1, -0.05) is 27.7 Å². The SMILES string of the molecule is CC1(C)C(C(=O)Nc2sc3c(c2C(=O)O)CCCC3)C1(C)C. The number of aryl methyl sites for hydroxylation is 1. The molecule has 1 fully saturated rings. The summed E-state index contributed by atoms with van der Waals surface area (Å²) in [7, 11) is 0. The minimum absolute atomic E-state index is 0.0443. The highest BCUT2D eigenvalue weighted by atomic mass is 32.1. The molecule has 0 atom stereocenters. The largest absolute Gasteiger partial charge is 0.478 e. The van der Waals surface area contributed by atoms with Gasteiger partial charge in [0.15, 0.2) is 0 Å². The predicted octanol–water partition coefficient (Wildman–Crippen LogP) is 3.95. The van der Waals surface area contributed by atoms with Gasteiger partial charge in [-0.05, 0) is 42.1 Å². The highest BCUT2D eigenvalue weighted by Crippen LogP contribution is 2.68. The minimum atomic E-state index is -0.927. The number of carbonyl (C=O) groups excluding carboxylic acids is 1. The van der Waals surface area contributed by atoms with Crippen LogP contribution in [0.25, 0.3) is 0 Å². The molecule has 0 aromatic carbocycles. The number of fused-ring (bicyclic) bond motifs is 1. The lowest BCUT2D eigenvalue weighted by atomic mass is 9.95. The number of thiophene rings is 1. The van der Waals surface area contributed by atoms with E-state index in [-0.39, 0.29) is 22.7 Å². The zero-order valence-corrected chi connectivity index (χ0v) is 14.4. The number of hydrogen-bond donors (Lipinski definition) is 2. The number of carboxylic acids is 1. The van der Waals surface area contributed by atoms with Crippen LogP contribution in [0.4, 0.5) is 5.00 Å². The molecule has 2 aliphatic carbocycles. The second kappa shape index (κ2) is 4.82. The first kappa shape index (κ1) is 15.5. The first-order valence-corrected chi connectivity index (χ1v) is 8.68. The number of rotatable bonds is 3. The third-order valence-corrected chi connectivity index (χ3v) is 7.11. The quantitative estimate of drug-likeness (QED) is 0.886. The number of anilines is 1. The molecular weight excluding hydrogens is 298 g/mol. The summed E-state index contributed by atoms with van der Waals surface area (Å²) >= 11 is 1.45. The minimum Gasteiger partial charge on any atom is -0.478 e. The topological polar surface area (TPSA) is 66.4 Å². The number of hydrogen-bond acceptors (Lipinski definition) is 3. The van der Waals surface area contributed by atoms with Gasteiger partial charge in [-0.25, -0.2) is 4.79 Å². The van der Waals surface area contributed by atoms with Crippen LogP contribution in [0, 0.1) is 16.7 Å². The van der Waals surface area contributed by atoms with E-state index in [1.54, 1.807) is 0 Å². The van der Waals surface area contributed by atoms with Gasteiger partial charge in [-0.15, -0.1) is 11.3 Å². The Bertz CT molecular complexity index is 643. The molecule has 1 saturated carbocycles. The maximum Gasteiger partial charge on any atom is 0.339 e. The summed E-state index contributed by atoms with van der Waals surface area (Å²) in [5.41, 5.74) is 1.17. The Balaban J connectivity index is 1.89. The Morgan fingerprint density at radius 2 is 1.73 bits per heavy atom. The zero-order chi connectivity index (χ0) is 16.3. The summed E-state index contributed by atoms with van der Waals surface area (Å²) in [6.07, 6.45) is 3.86. The van der Waals surface area contributed by atoms with E-state index in [9.17, 15) is 14.7 Å². The average molecular weight is 321 g/mol. The maximum atomic E-state index is 12.6. The van der Waals surface area contributed by atoms with Crippen LogP contribution in [-0.4, -0.2) is 17.0 Å². The molecule has 0 saturated heterocycles. The van der Waals surface area contributed by atoms with Crippen molar-refractivity contribution in [3.63, 3.8) is 0 Å². The Morgan fingerprint density at radius 3 is 2.27 bits per heavy atom. The molecule has 1 heterocycles. The highest BCUT2D eigenvalue weighted by molar-refractivity contribution is 7.17. The van der Waals surface area contributed by atoms with Crippen molar-refractivity contribution in [1.29, 1.82) is 0 Å². The van der Waals surface area contributed by atoms with Crippen molar-refractivity contribution in [2.75, 3.05) is 5.32 Å². The molecular formula is C17H23NO3S. The second-order valence-corrected chi connectivity index (χ2v) is 8.69. The predicted molar refractivity (Wildman–Crippen MR) is 87.6 cm³/mol. The van der Waals surface area contributed by atoms with E-state index in [4.69, 9.17) is 0 Å². The molecule has 0 radical (unpaired) electrons. The molecule has 0 bridgehead atoms. The molecule has 2 aliphatic rings. The van der Waals surface area contributed by atoms with Gasteiger partial charge in [0, 0.05) is 10.8 Å². The van der Waals surface area contributed by atoms with E-state index >= 15 is 0 Å². The van der Waals surface area contributed by atoms with Crippen LogP contribution in [0.5, 0.6) is 0 Å². The number of amides is 1. The molecule has 5 heteroatoms. The monoisotopic (exact) mass is 321 g/mol. The molecule has 22 heavy (non-hydrogen) atoms. The van der Waals surface area contributed by atoms with E-state index in [1.807, 2.05) is 0 Å². The van der Waals surface area contributed by atoms with Crippen LogP contribution >= 0.6 is 11.3 Å². The van der Waals surface area contributed by atoms with Crippen molar-refractivity contribution >= 4 is 28.2 Å². The molecule has 0 spiro atoms. The lowest BCUT2D eigenvalue weighted by molar-refractivity contribution is -0.118. The highest BCUT2D eigenvalue weighted by Gasteiger charge is 2.68. The Morgan fingerprint density at radius 1 is 1.14 bits per heavy atom. The molecule has 0 unspecified atom stereocenters. The van der Waals surface area contributed by atoms with Gasteiger partial charge in [0.25, 0.3) is 0 Å². The smallest absolute Gasteiger partial charge is 0.339 e. The van der Waals surface area contributed by atoms with Crippen molar-refractivity contribution in [1.82, 2.24) is 0 Å². The third kappa shape index (κ3) is 2.09. The Hall–Kier alpha value is -1.36. The number of carboxylic acid groups (broad SMARTS) is 1. The first-order valence-electron chi connectivity index (χ1n) is 7.86. The van der Waals surface area contributed by atoms with Crippen molar-refractivity contribution in [2.45, 2.75) is 53.4 Å². The van der Waals surface area contributed by atoms with E-state index in [1.165, 1.54) is 11.3 Å². The van der Waals surface area contributed by atoms with E-state index in [0.717, 1.165) is 36.1 Å². The summed E-state index contributed by atoms with van der Waals surface area (Å²) in [5, 5.41) is 13.0. The van der Waals surface area contributed by atoms with Gasteiger partial charge in [-0.3, -0.25) is 4.79 Å². The molecule has 1 aromatic heterocycles. The van der Waals surface area contributed by atoms with Crippen molar-refractivity contribution in [3.05, 3.63) is 16.0 Å². The fraction of sp³-hybridized carbons (Fsp3) is 0.647. The molecule has 3 rings (SSSR count). The first-order chi connectivity index (χ1) is 10.2. The van der Waals surface area contributed by atoms with Crippen LogP contribution in [0.15, 0.2) is 0 Å². The van der Waals surface area contributed by atoms with E-state index < -0.39 is 5.97 Å². The summed E-state index contributed by atoms with van der Waals surface area (Å²) in [6, 6.07) is 0. The fourth-order valence-electron chi connectivity index (χ4n) is 3.92. The van der Waals surface area contributed by atoms with Gasteiger partial charge in [0.1, 0.15) is 5.00 Å². The van der Waals surface area contributed by atoms with Gasteiger partial charge >= 0.3 is 5.97 Å². The normalized spacial score (nSPS) is 22.0. The zero-order valence-electron chi connectivity index (χ0n) is 13.6. The van der Waals surface area contributed by atoms with Crippen molar-refractivity contribution < 1.29 is 14.7 Å². The van der Waals surface area contributed by atoms with Crippen LogP contribution in [0.1, 0.15) is 61.3 Å². The maximum absolute atomic E-state index is 12.6. The molecule has 2 N–H and O–H groups in total. The lowest BCUT2D eigenvalue weighted by Gasteiger charge is -2.10. The molecule has 0 aliphatic heterocycles. The van der Waals surface area contributed by atoms with Crippen LogP contribution in [0.3, 0.4) is 0 Å². The van der Waals surface area contributed by atoms with Gasteiger partial charge in [0.2, 0.25) is 5.91 Å². The average Bonchev–Trinajstić information content (AvgIpc) is 2.68. The van der Waals surface area contributed by atoms with E-state index in [2.05, 4.69) is 33.0 Å². The summed E-state index contributed by atoms with van der Waals surface area (Å²) in [4.78, 5) is 25.4. The van der Waals surface area contributed by atoms with Crippen LogP contribution in [-0.2, 0) is 17.6 Å². The fourth-order valence-corrected chi connectivity index (χ4v) is 5.20. The summed E-state index contributed by atoms with van der Waals surface area (Å²) < 4.78 is 0. The van der Waals surface area contributed by atoms with Crippen molar-refractivity contribution in [2.24, 2.45) is 16.7 Å². The number of aromatic carboxylic acids is 1. The Labute approximate surface area is 134 Å². The van der Waals surface area contributed by atoms with Crippen LogP contribution in [0.2, 0.25) is 0 Å². The molecule has 4 nitrogen and oxygen atoms in total. The van der Waals surface area contributed by atoms with Gasteiger partial charge < -0.3 is 10.4 Å². The molecule has 1 aromatic rings. The third-order valence-electron chi connectivity index (χ3n) is 5.90. The van der Waals surface area contributed by atoms with Gasteiger partial charge in [0.05, 0.1) is 5.56 Å². The van der Waals surface area contributed by atoms with Crippen LogP contribution < -0.4 is 5.32 Å². The van der Waals surface area contributed by atoms with Gasteiger partial charge in [-0.2, -0.15) is 0 Å². The summed E-state index contributed by atoms with van der Waals surface area (Å²) in [5.74, 6) is -1.04. The second-order valence-electron chi connectivity index (χ2n) is 7.59. The van der Waals surface area contributed by atoms with Crippen molar-refractivity contribution in [3.8, 4) is 0 Å². The molecule has 1 amide bonds. The Kier molecular flexibility index (Phi) is 3.40. The lowest BCUT2D eigenvalue weighted by Crippen LogP contribution is -2.18. The number of carbonyl (C=O) groups is 2. The van der Waals surface area contributed by atoms with E-state index in [0.29, 0.717) is 10.6 Å².